The number of nitrogens with one attached hydrogen (secondary N) is 2. The summed E-state index contributed by atoms with van der Waals surface area (Å²) in [6.45, 7) is 0. The fourth-order valence-electron chi connectivity index (χ4n) is 3.30. The van der Waals surface area contributed by atoms with Gasteiger partial charge in [0, 0.05) is 17.6 Å². The molecule has 8 nitrogen and oxygen atoms in total. The van der Waals surface area contributed by atoms with Crippen LogP contribution in [0.1, 0.15) is 21.7 Å². The molecule has 0 radical (unpaired) electrons. The summed E-state index contributed by atoms with van der Waals surface area (Å²) < 4.78 is 5.92. The number of imide groups is 2. The highest BCUT2D eigenvalue weighted by molar-refractivity contribution is 6.32. The largest absolute Gasteiger partial charge is 0.478 e. The normalized spacial score (nSPS) is 13.5. The zero-order valence-electron chi connectivity index (χ0n) is 16.0. The molecule has 0 saturated carbocycles. The lowest BCUT2D eigenvalue weighted by molar-refractivity contribution is -0.123. The molecule has 1 saturated heterocycles. The number of furan rings is 1. The van der Waals surface area contributed by atoms with Gasteiger partial charge in [0.05, 0.1) is 5.56 Å². The number of hydrogen-bond donors (Lipinski definition) is 3. The Morgan fingerprint density at radius 1 is 0.871 bits per heavy atom. The molecule has 3 aromatic rings. The van der Waals surface area contributed by atoms with E-state index in [4.69, 9.17) is 4.42 Å². The number of amides is 4. The summed E-state index contributed by atoms with van der Waals surface area (Å²) in [5.41, 5.74) is 1.54. The van der Waals surface area contributed by atoms with Crippen LogP contribution in [0.25, 0.3) is 16.9 Å². The quantitative estimate of drug-likeness (QED) is 0.434. The third-order valence-corrected chi connectivity index (χ3v) is 4.73. The molecule has 8 heteroatoms. The van der Waals surface area contributed by atoms with Gasteiger partial charge >= 0.3 is 12.0 Å². The van der Waals surface area contributed by atoms with Gasteiger partial charge in [0.15, 0.2) is 0 Å². The molecule has 1 aromatic heterocycles. The van der Waals surface area contributed by atoms with Crippen LogP contribution in [0, 0.1) is 0 Å². The van der Waals surface area contributed by atoms with Crippen LogP contribution in [-0.2, 0) is 16.0 Å². The van der Waals surface area contributed by atoms with Crippen LogP contribution in [0.15, 0.2) is 76.7 Å². The van der Waals surface area contributed by atoms with E-state index < -0.39 is 23.8 Å². The molecule has 2 heterocycles. The van der Waals surface area contributed by atoms with Gasteiger partial charge in [-0.05, 0) is 29.8 Å². The maximum Gasteiger partial charge on any atom is 0.335 e. The van der Waals surface area contributed by atoms with Crippen LogP contribution in [0.4, 0.5) is 4.79 Å². The zero-order chi connectivity index (χ0) is 22.0. The first kappa shape index (κ1) is 19.8. The summed E-state index contributed by atoms with van der Waals surface area (Å²) in [5, 5.41) is 13.4. The summed E-state index contributed by atoms with van der Waals surface area (Å²) in [6, 6.07) is 17.7. The number of barbiturate groups is 1. The maximum atomic E-state index is 12.5. The predicted octanol–water partition coefficient (Wildman–Crippen LogP) is 3.01. The van der Waals surface area contributed by atoms with Crippen molar-refractivity contribution in [3.8, 4) is 11.3 Å². The minimum Gasteiger partial charge on any atom is -0.478 e. The van der Waals surface area contributed by atoms with Crippen LogP contribution in [0.5, 0.6) is 0 Å². The molecule has 4 rings (SSSR count). The van der Waals surface area contributed by atoms with E-state index >= 15 is 0 Å². The summed E-state index contributed by atoms with van der Waals surface area (Å²) >= 11 is 0. The Morgan fingerprint density at radius 2 is 1.58 bits per heavy atom. The molecular weight excluding hydrogens is 400 g/mol. The van der Waals surface area contributed by atoms with E-state index in [1.165, 1.54) is 12.1 Å². The first-order chi connectivity index (χ1) is 14.9. The van der Waals surface area contributed by atoms with E-state index in [2.05, 4.69) is 10.6 Å². The van der Waals surface area contributed by atoms with Gasteiger partial charge in [-0.2, -0.15) is 0 Å². The zero-order valence-corrected chi connectivity index (χ0v) is 16.0. The van der Waals surface area contributed by atoms with Crippen molar-refractivity contribution in [1.82, 2.24) is 10.6 Å². The molecule has 1 fully saturated rings. The van der Waals surface area contributed by atoms with Gasteiger partial charge in [0.25, 0.3) is 11.8 Å². The first-order valence-electron chi connectivity index (χ1n) is 9.30. The molecule has 0 atom stereocenters. The first-order valence-corrected chi connectivity index (χ1v) is 9.30. The second-order valence-electron chi connectivity index (χ2n) is 6.80. The van der Waals surface area contributed by atoms with E-state index in [0.29, 0.717) is 16.9 Å². The molecule has 31 heavy (non-hydrogen) atoms. The number of hydrogen-bond acceptors (Lipinski definition) is 5. The predicted molar refractivity (Wildman–Crippen MR) is 110 cm³/mol. The lowest BCUT2D eigenvalue weighted by Crippen LogP contribution is -2.51. The summed E-state index contributed by atoms with van der Waals surface area (Å²) in [4.78, 5) is 47.6. The maximum absolute atomic E-state index is 12.5. The highest BCUT2D eigenvalue weighted by atomic mass is 16.4. The SMILES string of the molecule is O=C1NC(=O)C(=C(Cc2ccccc2)c2ccc(-c3cccc(C(=O)O)c3)o2)C(=O)N1. The Bertz CT molecular complexity index is 1220. The van der Waals surface area contributed by atoms with Crippen LogP contribution < -0.4 is 10.6 Å². The second kappa shape index (κ2) is 8.11. The van der Waals surface area contributed by atoms with Crippen LogP contribution in [0.2, 0.25) is 0 Å². The third-order valence-electron chi connectivity index (χ3n) is 4.73. The Labute approximate surface area is 176 Å². The molecule has 0 unspecified atom stereocenters. The number of benzene rings is 2. The molecule has 0 aliphatic carbocycles. The standard InChI is InChI=1S/C23H16N2O6/c26-20-19(21(27)25-23(30)24-20)16(11-13-5-2-1-3-6-13)18-10-9-17(31-18)14-7-4-8-15(12-14)22(28)29/h1-10,12H,11H2,(H,28,29)(H2,24,25,26,27,30). The Kier molecular flexibility index (Phi) is 5.19. The van der Waals surface area contributed by atoms with Gasteiger partial charge in [-0.1, -0.05) is 42.5 Å². The van der Waals surface area contributed by atoms with Crippen molar-refractivity contribution in [3.05, 3.63) is 89.2 Å². The number of carbonyl (C=O) groups is 4. The van der Waals surface area contributed by atoms with Crippen LogP contribution in [0.3, 0.4) is 0 Å². The summed E-state index contributed by atoms with van der Waals surface area (Å²) in [5.74, 6) is -2.07. The van der Waals surface area contributed by atoms with Gasteiger partial charge < -0.3 is 9.52 Å². The number of carboxylic acids is 1. The fourth-order valence-corrected chi connectivity index (χ4v) is 3.30. The minimum absolute atomic E-state index is 0.0999. The lowest BCUT2D eigenvalue weighted by Gasteiger charge is -2.17. The molecule has 1 aliphatic heterocycles. The van der Waals surface area contributed by atoms with Gasteiger partial charge in [-0.25, -0.2) is 9.59 Å². The molecule has 0 bridgehead atoms. The number of rotatable bonds is 5. The fraction of sp³-hybridized carbons (Fsp3) is 0.0435. The number of carbonyl (C=O) groups excluding carboxylic acids is 3. The monoisotopic (exact) mass is 416 g/mol. The average molecular weight is 416 g/mol. The Hall–Kier alpha value is -4.46. The van der Waals surface area contributed by atoms with Gasteiger partial charge in [-0.15, -0.1) is 0 Å². The Balaban J connectivity index is 1.80. The summed E-state index contributed by atoms with van der Waals surface area (Å²) in [6.07, 6.45) is 0.202. The molecule has 0 spiro atoms. The number of aromatic carboxylic acids is 1. The van der Waals surface area contributed by atoms with E-state index in [0.717, 1.165) is 5.56 Å². The van der Waals surface area contributed by atoms with E-state index in [1.807, 2.05) is 30.3 Å². The molecule has 3 N–H and O–H groups in total. The minimum atomic E-state index is -1.07. The molecule has 2 aromatic carbocycles. The van der Waals surface area contributed by atoms with Crippen molar-refractivity contribution in [2.24, 2.45) is 0 Å². The van der Waals surface area contributed by atoms with E-state index in [1.54, 1.807) is 24.3 Å². The highest BCUT2D eigenvalue weighted by Gasteiger charge is 2.32. The lowest BCUT2D eigenvalue weighted by atomic mass is 9.96. The summed E-state index contributed by atoms with van der Waals surface area (Å²) in [7, 11) is 0. The van der Waals surface area contributed by atoms with Crippen molar-refractivity contribution < 1.29 is 28.7 Å². The van der Waals surface area contributed by atoms with Crippen molar-refractivity contribution in [1.29, 1.82) is 0 Å². The van der Waals surface area contributed by atoms with Gasteiger partial charge in [-0.3, -0.25) is 20.2 Å². The number of urea groups is 1. The van der Waals surface area contributed by atoms with Crippen molar-refractivity contribution in [2.45, 2.75) is 6.42 Å². The smallest absolute Gasteiger partial charge is 0.335 e. The van der Waals surface area contributed by atoms with Crippen LogP contribution >= 0.6 is 0 Å². The molecule has 154 valence electrons. The number of allylic oxidation sites excluding steroid dienone is 1. The van der Waals surface area contributed by atoms with Crippen molar-refractivity contribution in [3.63, 3.8) is 0 Å². The third kappa shape index (κ3) is 4.13. The van der Waals surface area contributed by atoms with Crippen molar-refractivity contribution >= 4 is 29.4 Å². The van der Waals surface area contributed by atoms with Gasteiger partial charge in [0.1, 0.15) is 17.1 Å². The molecular formula is C23H16N2O6. The topological polar surface area (TPSA) is 126 Å². The number of carboxylic acid groups (broad SMARTS) is 1. The molecule has 1 aliphatic rings. The van der Waals surface area contributed by atoms with Gasteiger partial charge in [0.2, 0.25) is 0 Å². The van der Waals surface area contributed by atoms with E-state index in [-0.39, 0.29) is 23.3 Å². The average Bonchev–Trinajstić information content (AvgIpc) is 3.23. The molecule has 4 amide bonds. The van der Waals surface area contributed by atoms with Crippen molar-refractivity contribution in [2.75, 3.05) is 0 Å². The van der Waals surface area contributed by atoms with Crippen LogP contribution in [-0.4, -0.2) is 28.9 Å². The second-order valence-corrected chi connectivity index (χ2v) is 6.80. The van der Waals surface area contributed by atoms with E-state index in [9.17, 15) is 24.3 Å². The highest BCUT2D eigenvalue weighted by Crippen LogP contribution is 2.31. The Morgan fingerprint density at radius 3 is 2.26 bits per heavy atom.